The molecule has 96 valence electrons. The summed E-state index contributed by atoms with van der Waals surface area (Å²) in [5.74, 6) is 0. The smallest absolute Gasteiger partial charge is 0.0558 e. The maximum atomic E-state index is 9.11. The lowest BCUT2D eigenvalue weighted by Gasteiger charge is -2.34. The van der Waals surface area contributed by atoms with E-state index in [0.29, 0.717) is 6.61 Å². The Labute approximate surface area is 100 Å². The lowest BCUT2D eigenvalue weighted by Crippen LogP contribution is -2.40. The van der Waals surface area contributed by atoms with Gasteiger partial charge in [-0.2, -0.15) is 0 Å². The van der Waals surface area contributed by atoms with E-state index >= 15 is 0 Å². The highest BCUT2D eigenvalue weighted by molar-refractivity contribution is 4.75. The molecule has 1 fully saturated rings. The van der Waals surface area contributed by atoms with Crippen molar-refractivity contribution in [1.29, 1.82) is 0 Å². The van der Waals surface area contributed by atoms with Gasteiger partial charge in [0.15, 0.2) is 0 Å². The summed E-state index contributed by atoms with van der Waals surface area (Å²) in [6, 6.07) is 0.738. The molecular weight excluding hydrogens is 200 g/mol. The summed E-state index contributed by atoms with van der Waals surface area (Å²) in [7, 11) is 0. The van der Waals surface area contributed by atoms with E-state index in [2.05, 4.69) is 17.1 Å². The van der Waals surface area contributed by atoms with Crippen LogP contribution in [0, 0.1) is 0 Å². The Balaban J connectivity index is 2.22. The molecule has 0 atom stereocenters. The fourth-order valence-electron chi connectivity index (χ4n) is 2.64. The second-order valence-corrected chi connectivity index (χ2v) is 4.76. The monoisotopic (exact) mass is 228 g/mol. The summed E-state index contributed by atoms with van der Waals surface area (Å²) >= 11 is 0. The van der Waals surface area contributed by atoms with Crippen LogP contribution in [0.2, 0.25) is 0 Å². The Bertz CT molecular complexity index is 158. The minimum Gasteiger partial charge on any atom is -0.395 e. The van der Waals surface area contributed by atoms with E-state index in [9.17, 15) is 0 Å². The van der Waals surface area contributed by atoms with Gasteiger partial charge in [-0.15, -0.1) is 0 Å². The van der Waals surface area contributed by atoms with Gasteiger partial charge in [-0.3, -0.25) is 4.90 Å². The largest absolute Gasteiger partial charge is 0.395 e. The van der Waals surface area contributed by atoms with Gasteiger partial charge in [-0.05, 0) is 38.9 Å². The molecule has 1 aliphatic rings. The van der Waals surface area contributed by atoms with E-state index < -0.39 is 0 Å². The van der Waals surface area contributed by atoms with Crippen molar-refractivity contribution in [2.24, 2.45) is 0 Å². The highest BCUT2D eigenvalue weighted by atomic mass is 16.3. The first kappa shape index (κ1) is 13.9. The number of hydrogen-bond acceptors (Lipinski definition) is 3. The van der Waals surface area contributed by atoms with Crippen LogP contribution in [0.1, 0.15) is 45.4 Å². The molecule has 1 rings (SSSR count). The fraction of sp³-hybridized carbons (Fsp3) is 1.00. The minimum absolute atomic E-state index is 0.303. The maximum Gasteiger partial charge on any atom is 0.0558 e. The Hall–Kier alpha value is -0.120. The van der Waals surface area contributed by atoms with Crippen molar-refractivity contribution in [3.63, 3.8) is 0 Å². The number of aliphatic hydroxyl groups is 1. The Morgan fingerprint density at radius 3 is 2.56 bits per heavy atom. The quantitative estimate of drug-likeness (QED) is 0.620. The fourth-order valence-corrected chi connectivity index (χ4v) is 2.64. The number of aliphatic hydroxyl groups excluding tert-OH is 1. The molecule has 0 radical (unpaired) electrons. The van der Waals surface area contributed by atoms with Crippen LogP contribution in [-0.4, -0.2) is 48.8 Å². The molecule has 0 spiro atoms. The molecule has 3 heteroatoms. The minimum atomic E-state index is 0.303. The zero-order chi connectivity index (χ0) is 11.6. The molecule has 0 aromatic carbocycles. The zero-order valence-electron chi connectivity index (χ0n) is 10.7. The number of hydrogen-bond donors (Lipinski definition) is 2. The summed E-state index contributed by atoms with van der Waals surface area (Å²) in [5.41, 5.74) is 0. The van der Waals surface area contributed by atoms with Crippen molar-refractivity contribution >= 4 is 0 Å². The second-order valence-electron chi connectivity index (χ2n) is 4.76. The van der Waals surface area contributed by atoms with E-state index in [1.54, 1.807) is 0 Å². The van der Waals surface area contributed by atoms with Crippen molar-refractivity contribution in [3.05, 3.63) is 0 Å². The van der Waals surface area contributed by atoms with E-state index in [1.807, 2.05) is 0 Å². The molecule has 0 aliphatic heterocycles. The summed E-state index contributed by atoms with van der Waals surface area (Å²) in [5, 5.41) is 12.5. The van der Waals surface area contributed by atoms with Crippen LogP contribution < -0.4 is 5.32 Å². The van der Waals surface area contributed by atoms with Gasteiger partial charge in [0.2, 0.25) is 0 Å². The number of rotatable bonds is 8. The average Bonchev–Trinajstić information content (AvgIpc) is 2.34. The first-order valence-corrected chi connectivity index (χ1v) is 6.94. The van der Waals surface area contributed by atoms with Crippen molar-refractivity contribution in [2.75, 3.05) is 32.8 Å². The highest BCUT2D eigenvalue weighted by Gasteiger charge is 2.19. The third-order valence-corrected chi connectivity index (χ3v) is 3.53. The van der Waals surface area contributed by atoms with Crippen molar-refractivity contribution in [2.45, 2.75) is 51.5 Å². The van der Waals surface area contributed by atoms with Crippen LogP contribution >= 0.6 is 0 Å². The molecule has 0 amide bonds. The van der Waals surface area contributed by atoms with Gasteiger partial charge < -0.3 is 10.4 Å². The van der Waals surface area contributed by atoms with Gasteiger partial charge in [0.1, 0.15) is 0 Å². The van der Waals surface area contributed by atoms with E-state index in [0.717, 1.165) is 32.2 Å². The van der Waals surface area contributed by atoms with Crippen LogP contribution in [0.25, 0.3) is 0 Å². The standard InChI is InChI=1S/C13H28N2O/c1-2-14-9-6-10-15(11-12-16)13-7-4-3-5-8-13/h13-14,16H,2-12H2,1H3. The number of nitrogens with zero attached hydrogens (tertiary/aromatic N) is 1. The first-order chi connectivity index (χ1) is 7.88. The molecule has 0 aromatic heterocycles. The van der Waals surface area contributed by atoms with Crippen molar-refractivity contribution in [1.82, 2.24) is 10.2 Å². The Morgan fingerprint density at radius 1 is 1.19 bits per heavy atom. The first-order valence-electron chi connectivity index (χ1n) is 6.94. The predicted octanol–water partition coefficient (Wildman–Crippen LogP) is 1.61. The summed E-state index contributed by atoms with van der Waals surface area (Å²) in [6.07, 6.45) is 8.02. The molecule has 0 unspecified atom stereocenters. The highest BCUT2D eigenvalue weighted by Crippen LogP contribution is 2.22. The van der Waals surface area contributed by atoms with Gasteiger partial charge in [-0.1, -0.05) is 26.2 Å². The summed E-state index contributed by atoms with van der Waals surface area (Å²) in [4.78, 5) is 2.50. The van der Waals surface area contributed by atoms with Crippen LogP contribution in [0.4, 0.5) is 0 Å². The Morgan fingerprint density at radius 2 is 1.94 bits per heavy atom. The van der Waals surface area contributed by atoms with E-state index in [4.69, 9.17) is 5.11 Å². The maximum absolute atomic E-state index is 9.11. The van der Waals surface area contributed by atoms with Crippen molar-refractivity contribution < 1.29 is 5.11 Å². The molecule has 0 bridgehead atoms. The van der Waals surface area contributed by atoms with Crippen LogP contribution in [-0.2, 0) is 0 Å². The molecule has 3 nitrogen and oxygen atoms in total. The van der Waals surface area contributed by atoms with Gasteiger partial charge in [0.05, 0.1) is 6.61 Å². The van der Waals surface area contributed by atoms with Crippen LogP contribution in [0.3, 0.4) is 0 Å². The molecule has 16 heavy (non-hydrogen) atoms. The number of nitrogens with one attached hydrogen (secondary N) is 1. The topological polar surface area (TPSA) is 35.5 Å². The average molecular weight is 228 g/mol. The SMILES string of the molecule is CCNCCCN(CCO)C1CCCCC1. The molecule has 1 saturated carbocycles. The molecule has 1 aliphatic carbocycles. The molecule has 0 heterocycles. The molecule has 0 saturated heterocycles. The zero-order valence-corrected chi connectivity index (χ0v) is 10.7. The third-order valence-electron chi connectivity index (χ3n) is 3.53. The normalized spacial score (nSPS) is 18.2. The van der Waals surface area contributed by atoms with Gasteiger partial charge in [0, 0.05) is 12.6 Å². The lowest BCUT2D eigenvalue weighted by atomic mass is 9.94. The molecular formula is C13H28N2O. The summed E-state index contributed by atoms with van der Waals surface area (Å²) in [6.45, 7) is 6.61. The predicted molar refractivity (Wildman–Crippen MR) is 68.7 cm³/mol. The summed E-state index contributed by atoms with van der Waals surface area (Å²) < 4.78 is 0. The van der Waals surface area contributed by atoms with Crippen LogP contribution in [0.5, 0.6) is 0 Å². The van der Waals surface area contributed by atoms with Crippen LogP contribution in [0.15, 0.2) is 0 Å². The van der Waals surface area contributed by atoms with E-state index in [1.165, 1.54) is 38.5 Å². The Kier molecular flexibility index (Phi) is 7.81. The van der Waals surface area contributed by atoms with E-state index in [-0.39, 0.29) is 0 Å². The van der Waals surface area contributed by atoms with Gasteiger partial charge >= 0.3 is 0 Å². The lowest BCUT2D eigenvalue weighted by molar-refractivity contribution is 0.122. The van der Waals surface area contributed by atoms with Gasteiger partial charge in [-0.25, -0.2) is 0 Å². The molecule has 2 N–H and O–H groups in total. The van der Waals surface area contributed by atoms with Crippen molar-refractivity contribution in [3.8, 4) is 0 Å². The second kappa shape index (κ2) is 8.97. The third kappa shape index (κ3) is 5.28. The molecule has 0 aromatic rings. The van der Waals surface area contributed by atoms with Gasteiger partial charge in [0.25, 0.3) is 0 Å².